The lowest BCUT2D eigenvalue weighted by Crippen LogP contribution is -2.42. The molecule has 7 heteroatoms. The Kier molecular flexibility index (Phi) is 6.85. The van der Waals surface area contributed by atoms with Gasteiger partial charge in [0, 0.05) is 25.6 Å². The lowest BCUT2D eigenvalue weighted by molar-refractivity contribution is -0.147. The van der Waals surface area contributed by atoms with Crippen molar-refractivity contribution in [3.63, 3.8) is 0 Å². The largest absolute Gasteiger partial charge is 0.449 e. The number of carbonyl (C=O) groups excluding carboxylic acids is 1. The molecule has 0 bridgehead atoms. The quantitative estimate of drug-likeness (QED) is 0.605. The molecular weight excluding hydrogens is 379 g/mol. The summed E-state index contributed by atoms with van der Waals surface area (Å²) >= 11 is 0. The number of hydrogen-bond donors (Lipinski definition) is 0. The number of hydrogen-bond acceptors (Lipinski definition) is 2. The van der Waals surface area contributed by atoms with Gasteiger partial charge in [-0.1, -0.05) is 38.8 Å². The molecule has 2 heterocycles. The molecule has 4 nitrogen and oxygen atoms in total. The number of fused-ring (bicyclic) bond motifs is 1. The minimum Gasteiger partial charge on any atom is -0.342 e. The second kappa shape index (κ2) is 9.18. The van der Waals surface area contributed by atoms with E-state index in [9.17, 15) is 18.0 Å². The predicted molar refractivity (Wildman–Crippen MR) is 107 cm³/mol. The third-order valence-corrected chi connectivity index (χ3v) is 5.90. The van der Waals surface area contributed by atoms with Crippen LogP contribution in [0.3, 0.4) is 0 Å². The second-order valence-corrected chi connectivity index (χ2v) is 8.08. The van der Waals surface area contributed by atoms with Crippen LogP contribution in [0.5, 0.6) is 0 Å². The highest BCUT2D eigenvalue weighted by atomic mass is 19.4. The molecule has 0 saturated carbocycles. The number of likely N-dealkylation sites (tertiary alicyclic amines) is 1. The Morgan fingerprint density at radius 1 is 1.14 bits per heavy atom. The van der Waals surface area contributed by atoms with Gasteiger partial charge in [0.2, 0.25) is 11.7 Å². The van der Waals surface area contributed by atoms with Gasteiger partial charge in [-0.3, -0.25) is 4.79 Å². The molecule has 0 radical (unpaired) electrons. The molecular formula is C22H30F3N3O. The molecule has 2 aromatic rings. The number of amides is 1. The number of carbonyl (C=O) groups is 1. The average molecular weight is 409 g/mol. The number of para-hydroxylation sites is 2. The molecule has 0 unspecified atom stereocenters. The molecule has 1 amide bonds. The summed E-state index contributed by atoms with van der Waals surface area (Å²) in [5.74, 6) is -0.427. The summed E-state index contributed by atoms with van der Waals surface area (Å²) in [6, 6.07) is 6.75. The van der Waals surface area contributed by atoms with Crippen LogP contribution in [0.2, 0.25) is 0 Å². The molecule has 0 atom stereocenters. The van der Waals surface area contributed by atoms with Crippen LogP contribution in [-0.2, 0) is 17.5 Å². The van der Waals surface area contributed by atoms with Crippen molar-refractivity contribution < 1.29 is 18.0 Å². The molecule has 160 valence electrons. The summed E-state index contributed by atoms with van der Waals surface area (Å²) in [5, 5.41) is 0. The number of piperidine rings is 1. The fourth-order valence-electron chi connectivity index (χ4n) is 4.42. The van der Waals surface area contributed by atoms with Gasteiger partial charge < -0.3 is 9.47 Å². The van der Waals surface area contributed by atoms with Gasteiger partial charge in [0.1, 0.15) is 0 Å². The van der Waals surface area contributed by atoms with Crippen LogP contribution in [-0.4, -0.2) is 33.4 Å². The first-order chi connectivity index (χ1) is 13.8. The Morgan fingerprint density at radius 3 is 2.34 bits per heavy atom. The lowest BCUT2D eigenvalue weighted by Gasteiger charge is -2.34. The van der Waals surface area contributed by atoms with Crippen molar-refractivity contribution in [3.05, 3.63) is 30.1 Å². The fraction of sp³-hybridized carbons (Fsp3) is 0.636. The van der Waals surface area contributed by atoms with E-state index in [4.69, 9.17) is 0 Å². The first-order valence-corrected chi connectivity index (χ1v) is 10.7. The Hall–Kier alpha value is -2.05. The number of alkyl halides is 3. The van der Waals surface area contributed by atoms with Crippen molar-refractivity contribution in [2.75, 3.05) is 13.1 Å². The van der Waals surface area contributed by atoms with Gasteiger partial charge in [0.15, 0.2) is 0 Å². The highest BCUT2D eigenvalue weighted by Crippen LogP contribution is 2.33. The summed E-state index contributed by atoms with van der Waals surface area (Å²) in [7, 11) is 0. The van der Waals surface area contributed by atoms with Crippen LogP contribution in [0, 0.1) is 11.8 Å². The Morgan fingerprint density at radius 2 is 1.76 bits per heavy atom. The van der Waals surface area contributed by atoms with Crippen LogP contribution in [0.25, 0.3) is 11.0 Å². The van der Waals surface area contributed by atoms with Gasteiger partial charge in [-0.25, -0.2) is 4.98 Å². The van der Waals surface area contributed by atoms with Crippen molar-refractivity contribution in [1.82, 2.24) is 14.5 Å². The maximum Gasteiger partial charge on any atom is 0.449 e. The number of benzene rings is 1. The van der Waals surface area contributed by atoms with Gasteiger partial charge in [0.05, 0.1) is 11.0 Å². The van der Waals surface area contributed by atoms with Gasteiger partial charge in [-0.2, -0.15) is 13.2 Å². The Bertz CT molecular complexity index is 816. The smallest absolute Gasteiger partial charge is 0.342 e. The molecule has 29 heavy (non-hydrogen) atoms. The summed E-state index contributed by atoms with van der Waals surface area (Å²) in [6.45, 7) is 5.72. The molecule has 1 aliphatic heterocycles. The van der Waals surface area contributed by atoms with Crippen molar-refractivity contribution in [1.29, 1.82) is 0 Å². The third-order valence-electron chi connectivity index (χ3n) is 5.90. The molecule has 0 aliphatic carbocycles. The fourth-order valence-corrected chi connectivity index (χ4v) is 4.42. The van der Waals surface area contributed by atoms with Gasteiger partial charge in [-0.15, -0.1) is 0 Å². The van der Waals surface area contributed by atoms with Crippen LogP contribution >= 0.6 is 0 Å². The van der Waals surface area contributed by atoms with Crippen molar-refractivity contribution in [3.8, 4) is 0 Å². The molecule has 1 fully saturated rings. The van der Waals surface area contributed by atoms with Crippen molar-refractivity contribution in [2.24, 2.45) is 11.8 Å². The van der Waals surface area contributed by atoms with Crippen LogP contribution in [0.15, 0.2) is 24.3 Å². The van der Waals surface area contributed by atoms with E-state index in [1.807, 2.05) is 4.90 Å². The molecule has 1 aromatic heterocycles. The molecule has 1 aromatic carbocycles. The van der Waals surface area contributed by atoms with E-state index in [-0.39, 0.29) is 24.3 Å². The lowest BCUT2D eigenvalue weighted by atomic mass is 9.92. The summed E-state index contributed by atoms with van der Waals surface area (Å²) in [5.41, 5.74) is 0.888. The van der Waals surface area contributed by atoms with E-state index in [1.165, 1.54) is 4.57 Å². The zero-order valence-electron chi connectivity index (χ0n) is 17.2. The normalized spacial score (nSPS) is 16.1. The van der Waals surface area contributed by atoms with E-state index < -0.39 is 12.0 Å². The average Bonchev–Trinajstić information content (AvgIpc) is 3.07. The van der Waals surface area contributed by atoms with Gasteiger partial charge in [-0.05, 0) is 43.7 Å². The highest BCUT2D eigenvalue weighted by molar-refractivity contribution is 5.79. The minimum absolute atomic E-state index is 0.0796. The Balaban J connectivity index is 1.69. The number of halogens is 3. The highest BCUT2D eigenvalue weighted by Gasteiger charge is 2.38. The third kappa shape index (κ3) is 4.93. The number of rotatable bonds is 7. The monoisotopic (exact) mass is 409 g/mol. The molecule has 3 rings (SSSR count). The van der Waals surface area contributed by atoms with Crippen LogP contribution < -0.4 is 0 Å². The van der Waals surface area contributed by atoms with E-state index in [1.54, 1.807) is 24.3 Å². The summed E-state index contributed by atoms with van der Waals surface area (Å²) in [6.07, 6.45) is 0.747. The zero-order valence-corrected chi connectivity index (χ0v) is 17.2. The van der Waals surface area contributed by atoms with E-state index >= 15 is 0 Å². The number of aromatic nitrogens is 2. The zero-order chi connectivity index (χ0) is 21.0. The summed E-state index contributed by atoms with van der Waals surface area (Å²) in [4.78, 5) is 18.6. The second-order valence-electron chi connectivity index (χ2n) is 8.08. The number of imidazole rings is 1. The maximum atomic E-state index is 13.5. The van der Waals surface area contributed by atoms with E-state index in [0.29, 0.717) is 24.1 Å². The Labute approximate surface area is 170 Å². The number of nitrogens with zero attached hydrogens (tertiary/aromatic N) is 3. The minimum atomic E-state index is -4.48. The molecule has 0 N–H and O–H groups in total. The first kappa shape index (κ1) is 21.7. The van der Waals surface area contributed by atoms with Gasteiger partial charge in [0.25, 0.3) is 0 Å². The van der Waals surface area contributed by atoms with E-state index in [2.05, 4.69) is 18.8 Å². The van der Waals surface area contributed by atoms with Crippen molar-refractivity contribution >= 4 is 16.9 Å². The molecule has 1 saturated heterocycles. The first-order valence-electron chi connectivity index (χ1n) is 10.7. The molecule has 0 spiro atoms. The standard InChI is InChI=1S/C22H30F3N3O/c1-3-7-17(8-4-2)20(29)27-13-11-16(12-14-27)15-28-19-10-6-5-9-18(19)26-21(28)22(23,24)25/h5-6,9-10,16-17H,3-4,7-8,11-15H2,1-2H3. The van der Waals surface area contributed by atoms with E-state index in [0.717, 1.165) is 38.5 Å². The SMILES string of the molecule is CCCC(CCC)C(=O)N1CCC(Cn2c(C(F)(F)F)nc3ccccc32)CC1. The van der Waals surface area contributed by atoms with Crippen LogP contribution in [0.1, 0.15) is 58.2 Å². The predicted octanol–water partition coefficient (Wildman–Crippen LogP) is 5.51. The van der Waals surface area contributed by atoms with Crippen molar-refractivity contribution in [2.45, 2.75) is 65.1 Å². The topological polar surface area (TPSA) is 38.1 Å². The van der Waals surface area contributed by atoms with Gasteiger partial charge >= 0.3 is 6.18 Å². The molecule has 1 aliphatic rings. The summed E-state index contributed by atoms with van der Waals surface area (Å²) < 4.78 is 41.8. The van der Waals surface area contributed by atoms with Crippen LogP contribution in [0.4, 0.5) is 13.2 Å². The maximum absolute atomic E-state index is 13.5.